The minimum Gasteiger partial charge on any atom is -0.497 e. The third-order valence-corrected chi connectivity index (χ3v) is 7.90. The second-order valence-electron chi connectivity index (χ2n) is 8.46. The molecule has 1 aromatic heterocycles. The second-order valence-corrected chi connectivity index (χ2v) is 10.4. The third-order valence-electron chi connectivity index (χ3n) is 6.10. The van der Waals surface area contributed by atoms with Gasteiger partial charge in [-0.1, -0.05) is 37.6 Å². The van der Waals surface area contributed by atoms with Crippen molar-refractivity contribution in [1.29, 1.82) is 0 Å². The van der Waals surface area contributed by atoms with E-state index in [4.69, 9.17) is 9.47 Å². The zero-order valence-electron chi connectivity index (χ0n) is 21.1. The second kappa shape index (κ2) is 11.6. The number of aromatic nitrogens is 1. The molecule has 0 bridgehead atoms. The summed E-state index contributed by atoms with van der Waals surface area (Å²) in [4.78, 5) is 15.7. The van der Waals surface area contributed by atoms with Gasteiger partial charge in [-0.05, 0) is 73.7 Å². The number of carbonyl (C=O) groups is 1. The fourth-order valence-corrected chi connectivity index (χ4v) is 5.32. The minimum atomic E-state index is -3.83. The summed E-state index contributed by atoms with van der Waals surface area (Å²) in [5.41, 5.74) is 4.52. The molecule has 0 aliphatic carbocycles. The number of nitrogens with one attached hydrogen (secondary N) is 1. The number of sulfonamides is 1. The number of aromatic amines is 1. The summed E-state index contributed by atoms with van der Waals surface area (Å²) in [7, 11) is -2.24. The monoisotopic (exact) mass is 498 g/mol. The van der Waals surface area contributed by atoms with Crippen molar-refractivity contribution >= 4 is 16.0 Å². The highest BCUT2D eigenvalue weighted by molar-refractivity contribution is 7.89. The van der Waals surface area contributed by atoms with Crippen LogP contribution in [0.4, 0.5) is 0 Å². The Morgan fingerprint density at radius 1 is 0.914 bits per heavy atom. The van der Waals surface area contributed by atoms with Crippen LogP contribution in [0.2, 0.25) is 0 Å². The van der Waals surface area contributed by atoms with Crippen LogP contribution in [-0.4, -0.2) is 37.4 Å². The molecule has 0 saturated carbocycles. The molecule has 1 N–H and O–H groups in total. The highest BCUT2D eigenvalue weighted by Gasteiger charge is 2.28. The Morgan fingerprint density at radius 2 is 1.54 bits per heavy atom. The van der Waals surface area contributed by atoms with Gasteiger partial charge in [-0.2, -0.15) is 4.31 Å². The number of esters is 1. The zero-order chi connectivity index (χ0) is 25.6. The van der Waals surface area contributed by atoms with Crippen LogP contribution in [0, 0.1) is 13.8 Å². The van der Waals surface area contributed by atoms with Crippen molar-refractivity contribution in [2.24, 2.45) is 0 Å². The maximum absolute atomic E-state index is 13.8. The lowest BCUT2D eigenvalue weighted by atomic mass is 10.1. The number of benzene rings is 2. The van der Waals surface area contributed by atoms with E-state index in [0.29, 0.717) is 17.1 Å². The van der Waals surface area contributed by atoms with Gasteiger partial charge in [-0.25, -0.2) is 13.2 Å². The van der Waals surface area contributed by atoms with E-state index in [9.17, 15) is 13.2 Å². The molecule has 3 aromatic rings. The number of methoxy groups -OCH3 is 1. The molecule has 0 unspecified atom stereocenters. The van der Waals surface area contributed by atoms with Crippen LogP contribution in [-0.2, 0) is 34.3 Å². The number of nitrogens with zero attached hydrogens (tertiary/aromatic N) is 1. The highest BCUT2D eigenvalue weighted by Crippen LogP contribution is 2.26. The van der Waals surface area contributed by atoms with Crippen molar-refractivity contribution in [2.75, 3.05) is 13.7 Å². The fraction of sp³-hybridized carbons (Fsp3) is 0.370. The summed E-state index contributed by atoms with van der Waals surface area (Å²) in [6.07, 6.45) is 1.89. The number of hydrogen-bond donors (Lipinski definition) is 1. The van der Waals surface area contributed by atoms with Crippen LogP contribution < -0.4 is 4.74 Å². The van der Waals surface area contributed by atoms with E-state index in [0.717, 1.165) is 35.1 Å². The third kappa shape index (κ3) is 6.13. The van der Waals surface area contributed by atoms with Crippen LogP contribution in [0.5, 0.6) is 5.75 Å². The predicted molar refractivity (Wildman–Crippen MR) is 136 cm³/mol. The van der Waals surface area contributed by atoms with Gasteiger partial charge in [0.1, 0.15) is 11.4 Å². The molecule has 0 saturated heterocycles. The predicted octanol–water partition coefficient (Wildman–Crippen LogP) is 5.16. The minimum absolute atomic E-state index is 0.0805. The fourth-order valence-electron chi connectivity index (χ4n) is 3.92. The SMILES string of the molecule is CCCc1ccc(S(=O)(=O)N(Cc2ccc(OC)cc2)Cc2[nH]c(C(=O)OCC)c(C)c2C)cc1. The van der Waals surface area contributed by atoms with Gasteiger partial charge in [0, 0.05) is 12.2 Å². The molecule has 2 aromatic carbocycles. The van der Waals surface area contributed by atoms with Crippen LogP contribution in [0.25, 0.3) is 0 Å². The molecule has 0 spiro atoms. The summed E-state index contributed by atoms with van der Waals surface area (Å²) in [6.45, 7) is 8.05. The van der Waals surface area contributed by atoms with Crippen molar-refractivity contribution in [2.45, 2.75) is 58.5 Å². The van der Waals surface area contributed by atoms with Gasteiger partial charge in [0.25, 0.3) is 0 Å². The first-order chi connectivity index (χ1) is 16.7. The Labute approximate surface area is 208 Å². The summed E-state index contributed by atoms with van der Waals surface area (Å²) in [5, 5.41) is 0. The molecule has 0 aliphatic heterocycles. The van der Waals surface area contributed by atoms with Gasteiger partial charge >= 0.3 is 5.97 Å². The molecule has 7 nitrogen and oxygen atoms in total. The summed E-state index contributed by atoms with van der Waals surface area (Å²) < 4.78 is 39.3. The van der Waals surface area contributed by atoms with Crippen molar-refractivity contribution in [3.63, 3.8) is 0 Å². The summed E-state index contributed by atoms with van der Waals surface area (Å²) in [5.74, 6) is 0.250. The normalized spacial score (nSPS) is 11.6. The summed E-state index contributed by atoms with van der Waals surface area (Å²) in [6, 6.07) is 14.4. The molecule has 8 heteroatoms. The van der Waals surface area contributed by atoms with E-state index in [-0.39, 0.29) is 24.6 Å². The van der Waals surface area contributed by atoms with Gasteiger partial charge in [-0.15, -0.1) is 0 Å². The zero-order valence-corrected chi connectivity index (χ0v) is 21.9. The average molecular weight is 499 g/mol. The maximum atomic E-state index is 13.8. The number of ether oxygens (including phenoxy) is 2. The van der Waals surface area contributed by atoms with E-state index in [1.807, 2.05) is 50.2 Å². The van der Waals surface area contributed by atoms with Gasteiger partial charge in [0.05, 0.1) is 25.2 Å². The Morgan fingerprint density at radius 3 is 2.11 bits per heavy atom. The lowest BCUT2D eigenvalue weighted by molar-refractivity contribution is 0.0519. The average Bonchev–Trinajstić information content (AvgIpc) is 3.13. The first kappa shape index (κ1) is 26.5. The van der Waals surface area contributed by atoms with Crippen molar-refractivity contribution in [3.05, 3.63) is 82.2 Å². The van der Waals surface area contributed by atoms with Gasteiger partial charge in [-0.3, -0.25) is 0 Å². The quantitative estimate of drug-likeness (QED) is 0.369. The largest absolute Gasteiger partial charge is 0.497 e. The standard InChI is InChI=1S/C27H34N2O5S/c1-6-8-21-11-15-24(16-12-21)35(31,32)29(17-22-9-13-23(33-5)14-10-22)18-25-19(3)20(4)26(28-25)27(30)34-7-2/h9-16,28H,6-8,17-18H2,1-5H3. The molecule has 0 amide bonds. The molecule has 3 rings (SSSR count). The van der Waals surface area contributed by atoms with E-state index in [1.165, 1.54) is 4.31 Å². The molecule has 188 valence electrons. The van der Waals surface area contributed by atoms with E-state index in [2.05, 4.69) is 11.9 Å². The molecular weight excluding hydrogens is 464 g/mol. The van der Waals surface area contributed by atoms with Crippen molar-refractivity contribution in [1.82, 2.24) is 9.29 Å². The first-order valence-electron chi connectivity index (χ1n) is 11.8. The number of carbonyl (C=O) groups excluding carboxylic acids is 1. The number of H-pyrrole nitrogens is 1. The van der Waals surface area contributed by atoms with Crippen molar-refractivity contribution < 1.29 is 22.7 Å². The number of hydrogen-bond acceptors (Lipinski definition) is 5. The van der Waals surface area contributed by atoms with E-state index in [1.54, 1.807) is 26.2 Å². The lowest BCUT2D eigenvalue weighted by Gasteiger charge is -2.23. The molecule has 0 fully saturated rings. The van der Waals surface area contributed by atoms with Crippen LogP contribution >= 0.6 is 0 Å². The topological polar surface area (TPSA) is 88.7 Å². The molecule has 35 heavy (non-hydrogen) atoms. The molecule has 0 atom stereocenters. The van der Waals surface area contributed by atoms with Gasteiger partial charge in [0.2, 0.25) is 10.0 Å². The van der Waals surface area contributed by atoms with Gasteiger partial charge < -0.3 is 14.5 Å². The lowest BCUT2D eigenvalue weighted by Crippen LogP contribution is -2.30. The Hall–Kier alpha value is -3.10. The number of aryl methyl sites for hydroxylation is 1. The van der Waals surface area contributed by atoms with Crippen LogP contribution in [0.3, 0.4) is 0 Å². The molecule has 0 aliphatic rings. The van der Waals surface area contributed by atoms with Crippen LogP contribution in [0.1, 0.15) is 58.7 Å². The van der Waals surface area contributed by atoms with Crippen LogP contribution in [0.15, 0.2) is 53.4 Å². The Balaban J connectivity index is 1.99. The van der Waals surface area contributed by atoms with E-state index >= 15 is 0 Å². The molecular formula is C27H34N2O5S. The highest BCUT2D eigenvalue weighted by atomic mass is 32.2. The smallest absolute Gasteiger partial charge is 0.355 e. The Bertz CT molecular complexity index is 1250. The van der Waals surface area contributed by atoms with E-state index < -0.39 is 16.0 Å². The number of rotatable bonds is 11. The molecule has 0 radical (unpaired) electrons. The Kier molecular flexibility index (Phi) is 8.75. The first-order valence-corrected chi connectivity index (χ1v) is 13.2. The van der Waals surface area contributed by atoms with Gasteiger partial charge in [0.15, 0.2) is 0 Å². The molecule has 1 heterocycles. The summed E-state index contributed by atoms with van der Waals surface area (Å²) >= 11 is 0. The van der Waals surface area contributed by atoms with Crippen molar-refractivity contribution in [3.8, 4) is 5.75 Å². The maximum Gasteiger partial charge on any atom is 0.355 e.